The molecule has 2 aromatic heterocycles. The van der Waals surface area contributed by atoms with Gasteiger partial charge in [0.2, 0.25) is 0 Å². The maximum Gasteiger partial charge on any atom is 0.117 e. The predicted octanol–water partition coefficient (Wildman–Crippen LogP) is 3.72. The molecule has 0 saturated heterocycles. The minimum atomic E-state index is 0.885. The molecule has 2 aromatic rings. The van der Waals surface area contributed by atoms with Crippen LogP contribution in [0.5, 0.6) is 0 Å². The lowest BCUT2D eigenvalue weighted by molar-refractivity contribution is 0.255. The first-order valence-corrected chi connectivity index (χ1v) is 8.13. The second-order valence-electron chi connectivity index (χ2n) is 4.36. The molecule has 0 fully saturated rings. The molecule has 3 nitrogen and oxygen atoms in total. The van der Waals surface area contributed by atoms with Crippen LogP contribution in [-0.4, -0.2) is 24.5 Å². The van der Waals surface area contributed by atoms with Gasteiger partial charge in [0.05, 0.1) is 12.8 Å². The van der Waals surface area contributed by atoms with Gasteiger partial charge in [0.25, 0.3) is 0 Å². The molecule has 104 valence electrons. The Kier molecular flexibility index (Phi) is 6.10. The van der Waals surface area contributed by atoms with Gasteiger partial charge in [-0.3, -0.25) is 4.90 Å². The highest BCUT2D eigenvalue weighted by Crippen LogP contribution is 2.19. The first-order valence-electron chi connectivity index (χ1n) is 6.46. The fourth-order valence-corrected chi connectivity index (χ4v) is 3.29. The van der Waals surface area contributed by atoms with E-state index >= 15 is 0 Å². The van der Waals surface area contributed by atoms with Crippen molar-refractivity contribution in [3.05, 3.63) is 45.0 Å². The van der Waals surface area contributed by atoms with Crippen LogP contribution in [0.2, 0.25) is 0 Å². The van der Waals surface area contributed by atoms with E-state index < -0.39 is 0 Å². The van der Waals surface area contributed by atoms with E-state index in [9.17, 15) is 0 Å². The standard InChI is InChI=1S/C14H19BrN2OS/c1-2-17(10-13-4-3-7-18-13)6-5-16-9-14-8-12(15)11-19-14/h3-4,7-8,11,16H,2,5-6,9-10H2,1H3. The lowest BCUT2D eigenvalue weighted by Crippen LogP contribution is -2.31. The minimum Gasteiger partial charge on any atom is -0.468 e. The second kappa shape index (κ2) is 7.85. The van der Waals surface area contributed by atoms with Crippen LogP contribution in [0.15, 0.2) is 38.7 Å². The van der Waals surface area contributed by atoms with Gasteiger partial charge in [-0.2, -0.15) is 0 Å². The normalized spacial score (nSPS) is 11.3. The number of thiophene rings is 1. The fourth-order valence-electron chi connectivity index (χ4n) is 1.87. The van der Waals surface area contributed by atoms with Crippen molar-refractivity contribution in [1.29, 1.82) is 0 Å². The monoisotopic (exact) mass is 342 g/mol. The first-order chi connectivity index (χ1) is 9.28. The Morgan fingerprint density at radius 1 is 1.47 bits per heavy atom. The summed E-state index contributed by atoms with van der Waals surface area (Å²) in [5.41, 5.74) is 0. The molecule has 0 saturated carbocycles. The molecule has 0 spiro atoms. The highest BCUT2D eigenvalue weighted by molar-refractivity contribution is 9.10. The van der Waals surface area contributed by atoms with Crippen LogP contribution in [-0.2, 0) is 13.1 Å². The van der Waals surface area contributed by atoms with E-state index in [4.69, 9.17) is 4.42 Å². The Balaban J connectivity index is 1.66. The van der Waals surface area contributed by atoms with Gasteiger partial charge >= 0.3 is 0 Å². The second-order valence-corrected chi connectivity index (χ2v) is 6.27. The molecular formula is C14H19BrN2OS. The van der Waals surface area contributed by atoms with Crippen LogP contribution in [0, 0.1) is 0 Å². The van der Waals surface area contributed by atoms with E-state index in [1.807, 2.05) is 12.1 Å². The summed E-state index contributed by atoms with van der Waals surface area (Å²) < 4.78 is 6.55. The minimum absolute atomic E-state index is 0.885. The summed E-state index contributed by atoms with van der Waals surface area (Å²) in [6.45, 7) is 7.06. The van der Waals surface area contributed by atoms with Crippen molar-refractivity contribution >= 4 is 27.3 Å². The Morgan fingerprint density at radius 2 is 2.37 bits per heavy atom. The van der Waals surface area contributed by atoms with Gasteiger partial charge in [0, 0.05) is 34.4 Å². The van der Waals surface area contributed by atoms with E-state index in [1.54, 1.807) is 17.6 Å². The van der Waals surface area contributed by atoms with Crippen molar-refractivity contribution < 1.29 is 4.42 Å². The van der Waals surface area contributed by atoms with E-state index in [2.05, 4.69) is 44.5 Å². The highest BCUT2D eigenvalue weighted by Gasteiger charge is 2.05. The van der Waals surface area contributed by atoms with E-state index in [0.29, 0.717) is 0 Å². The molecule has 0 aliphatic rings. The maximum atomic E-state index is 5.38. The van der Waals surface area contributed by atoms with Gasteiger partial charge in [0.1, 0.15) is 5.76 Å². The molecule has 5 heteroatoms. The van der Waals surface area contributed by atoms with E-state index in [1.165, 1.54) is 9.35 Å². The lowest BCUT2D eigenvalue weighted by Gasteiger charge is -2.19. The van der Waals surface area contributed by atoms with Gasteiger partial charge in [-0.15, -0.1) is 11.3 Å². The summed E-state index contributed by atoms with van der Waals surface area (Å²) >= 11 is 5.25. The molecule has 2 heterocycles. The highest BCUT2D eigenvalue weighted by atomic mass is 79.9. The van der Waals surface area contributed by atoms with Gasteiger partial charge in [-0.05, 0) is 40.7 Å². The number of furan rings is 1. The third-order valence-electron chi connectivity index (χ3n) is 2.93. The molecule has 0 aromatic carbocycles. The predicted molar refractivity (Wildman–Crippen MR) is 83.4 cm³/mol. The molecule has 0 atom stereocenters. The van der Waals surface area contributed by atoms with Crippen LogP contribution >= 0.6 is 27.3 Å². The number of rotatable bonds is 8. The van der Waals surface area contributed by atoms with Crippen LogP contribution in [0.25, 0.3) is 0 Å². The lowest BCUT2D eigenvalue weighted by atomic mass is 10.4. The smallest absolute Gasteiger partial charge is 0.117 e. The summed E-state index contributed by atoms with van der Waals surface area (Å²) in [6.07, 6.45) is 1.73. The van der Waals surface area contributed by atoms with Gasteiger partial charge < -0.3 is 9.73 Å². The summed E-state index contributed by atoms with van der Waals surface area (Å²) in [5.74, 6) is 1.03. The third kappa shape index (κ3) is 5.10. The van der Waals surface area contributed by atoms with E-state index in [0.717, 1.165) is 38.5 Å². The van der Waals surface area contributed by atoms with Crippen molar-refractivity contribution in [2.24, 2.45) is 0 Å². The van der Waals surface area contributed by atoms with Crippen LogP contribution in [0.4, 0.5) is 0 Å². The average Bonchev–Trinajstić information content (AvgIpc) is 3.05. The van der Waals surface area contributed by atoms with Crippen LogP contribution in [0.3, 0.4) is 0 Å². The summed E-state index contributed by atoms with van der Waals surface area (Å²) in [5, 5.41) is 5.59. The van der Waals surface area contributed by atoms with Crippen molar-refractivity contribution in [3.8, 4) is 0 Å². The summed E-state index contributed by atoms with van der Waals surface area (Å²) in [4.78, 5) is 3.73. The summed E-state index contributed by atoms with van der Waals surface area (Å²) in [6, 6.07) is 6.13. The number of halogens is 1. The van der Waals surface area contributed by atoms with Crippen molar-refractivity contribution in [2.75, 3.05) is 19.6 Å². The molecule has 0 aliphatic carbocycles. The van der Waals surface area contributed by atoms with Gasteiger partial charge in [-0.1, -0.05) is 6.92 Å². The maximum absolute atomic E-state index is 5.38. The SMILES string of the molecule is CCN(CCNCc1cc(Br)cs1)Cc1ccco1. The molecule has 0 amide bonds. The molecule has 19 heavy (non-hydrogen) atoms. The Bertz CT molecular complexity index is 470. The van der Waals surface area contributed by atoms with Gasteiger partial charge in [0.15, 0.2) is 0 Å². The number of hydrogen-bond acceptors (Lipinski definition) is 4. The molecule has 2 rings (SSSR count). The van der Waals surface area contributed by atoms with Crippen molar-refractivity contribution in [2.45, 2.75) is 20.0 Å². The van der Waals surface area contributed by atoms with Gasteiger partial charge in [-0.25, -0.2) is 0 Å². The quantitative estimate of drug-likeness (QED) is 0.741. The van der Waals surface area contributed by atoms with Crippen molar-refractivity contribution in [3.63, 3.8) is 0 Å². The number of likely N-dealkylation sites (N-methyl/N-ethyl adjacent to an activating group) is 1. The zero-order valence-corrected chi connectivity index (χ0v) is 13.5. The third-order valence-corrected chi connectivity index (χ3v) is 4.63. The largest absolute Gasteiger partial charge is 0.468 e. The summed E-state index contributed by atoms with van der Waals surface area (Å²) in [7, 11) is 0. The van der Waals surface area contributed by atoms with E-state index in [-0.39, 0.29) is 0 Å². The number of hydrogen-bond donors (Lipinski definition) is 1. The van der Waals surface area contributed by atoms with Crippen molar-refractivity contribution in [1.82, 2.24) is 10.2 Å². The van der Waals surface area contributed by atoms with Crippen LogP contribution in [0.1, 0.15) is 17.6 Å². The zero-order chi connectivity index (χ0) is 13.5. The first kappa shape index (κ1) is 14.8. The molecule has 0 bridgehead atoms. The van der Waals surface area contributed by atoms with Crippen LogP contribution < -0.4 is 5.32 Å². The molecule has 0 aliphatic heterocycles. The molecular weight excluding hydrogens is 324 g/mol. The molecule has 0 unspecified atom stereocenters. The topological polar surface area (TPSA) is 28.4 Å². The Labute approximate surface area is 126 Å². The average molecular weight is 343 g/mol. The molecule has 0 radical (unpaired) electrons. The Morgan fingerprint density at radius 3 is 3.00 bits per heavy atom. The zero-order valence-electron chi connectivity index (χ0n) is 11.1. The Hall–Kier alpha value is -0.620. The molecule has 1 N–H and O–H groups in total. The number of nitrogens with zero attached hydrogens (tertiary/aromatic N) is 1. The number of nitrogens with one attached hydrogen (secondary N) is 1. The fraction of sp³-hybridized carbons (Fsp3) is 0.429.